The van der Waals surface area contributed by atoms with Crippen LogP contribution in [0.5, 0.6) is 0 Å². The Kier molecular flexibility index (Phi) is 6.99. The number of ether oxygens (including phenoxy) is 1. The van der Waals surface area contributed by atoms with Gasteiger partial charge >= 0.3 is 0 Å². The number of hydrogen-bond donors (Lipinski definition) is 2. The monoisotopic (exact) mass is 424 g/mol. The molecule has 0 aromatic heterocycles. The van der Waals surface area contributed by atoms with Crippen LogP contribution in [-0.2, 0) is 20.7 Å². The second kappa shape index (κ2) is 8.99. The molecule has 0 bridgehead atoms. The number of hydrogen-bond acceptors (Lipinski definition) is 3. The Labute approximate surface area is 159 Å². The first-order chi connectivity index (χ1) is 11.9. The molecule has 2 atom stereocenters. The van der Waals surface area contributed by atoms with Crippen molar-refractivity contribution in [1.29, 1.82) is 0 Å². The SMILES string of the molecule is CO[C@H](C(=O)N[C@H](Cc1cc(Cl)ccc1Br)C(N)=O)c1ccccc1. The van der Waals surface area contributed by atoms with Gasteiger partial charge in [0.25, 0.3) is 5.91 Å². The summed E-state index contributed by atoms with van der Waals surface area (Å²) in [6, 6.07) is 13.4. The topological polar surface area (TPSA) is 81.4 Å². The van der Waals surface area contributed by atoms with Crippen molar-refractivity contribution in [3.63, 3.8) is 0 Å². The molecule has 0 unspecified atom stereocenters. The van der Waals surface area contributed by atoms with Gasteiger partial charge in [-0.1, -0.05) is 57.9 Å². The normalized spacial score (nSPS) is 13.1. The van der Waals surface area contributed by atoms with Gasteiger partial charge in [0.1, 0.15) is 6.04 Å². The highest BCUT2D eigenvalue weighted by molar-refractivity contribution is 9.10. The fourth-order valence-electron chi connectivity index (χ4n) is 2.41. The molecule has 132 valence electrons. The maximum absolute atomic E-state index is 12.5. The molecule has 5 nitrogen and oxygen atoms in total. The summed E-state index contributed by atoms with van der Waals surface area (Å²) in [5.74, 6) is -1.07. The number of nitrogens with one attached hydrogen (secondary N) is 1. The van der Waals surface area contributed by atoms with E-state index in [1.54, 1.807) is 30.3 Å². The van der Waals surface area contributed by atoms with Crippen LogP contribution in [0.3, 0.4) is 0 Å². The van der Waals surface area contributed by atoms with E-state index in [9.17, 15) is 9.59 Å². The molecule has 2 aromatic rings. The number of amides is 2. The van der Waals surface area contributed by atoms with Crippen LogP contribution in [0.25, 0.3) is 0 Å². The minimum absolute atomic E-state index is 0.216. The number of methoxy groups -OCH3 is 1. The largest absolute Gasteiger partial charge is 0.368 e. The van der Waals surface area contributed by atoms with E-state index in [1.807, 2.05) is 18.2 Å². The van der Waals surface area contributed by atoms with Gasteiger partial charge in [-0.05, 0) is 29.3 Å². The molecule has 0 aliphatic heterocycles. The number of primary amides is 1. The summed E-state index contributed by atoms with van der Waals surface area (Å²) in [5.41, 5.74) is 6.92. The Morgan fingerprint density at radius 2 is 1.92 bits per heavy atom. The summed E-state index contributed by atoms with van der Waals surface area (Å²) >= 11 is 9.40. The van der Waals surface area contributed by atoms with E-state index in [1.165, 1.54) is 7.11 Å². The summed E-state index contributed by atoms with van der Waals surface area (Å²) in [6.07, 6.45) is -0.612. The molecule has 0 fully saturated rings. The van der Waals surface area contributed by atoms with Gasteiger partial charge in [0.2, 0.25) is 5.91 Å². The molecule has 0 aliphatic carbocycles. The molecule has 0 radical (unpaired) electrons. The average molecular weight is 426 g/mol. The molecule has 0 spiro atoms. The molecule has 0 heterocycles. The highest BCUT2D eigenvalue weighted by Crippen LogP contribution is 2.23. The second-order valence-electron chi connectivity index (χ2n) is 5.43. The van der Waals surface area contributed by atoms with Crippen LogP contribution < -0.4 is 11.1 Å². The van der Waals surface area contributed by atoms with Gasteiger partial charge in [0.05, 0.1) is 0 Å². The van der Waals surface area contributed by atoms with Crippen LogP contribution in [0, 0.1) is 0 Å². The van der Waals surface area contributed by atoms with Gasteiger partial charge in [0.15, 0.2) is 6.10 Å². The fourth-order valence-corrected chi connectivity index (χ4v) is 3.02. The predicted octanol–water partition coefficient (Wildman–Crippen LogP) is 3.00. The van der Waals surface area contributed by atoms with Crippen molar-refractivity contribution in [3.05, 3.63) is 69.2 Å². The van der Waals surface area contributed by atoms with Crippen LogP contribution in [0.15, 0.2) is 53.0 Å². The zero-order valence-corrected chi connectivity index (χ0v) is 15.9. The first kappa shape index (κ1) is 19.4. The van der Waals surface area contributed by atoms with E-state index in [0.29, 0.717) is 10.6 Å². The lowest BCUT2D eigenvalue weighted by atomic mass is 10.0. The zero-order valence-electron chi connectivity index (χ0n) is 13.5. The lowest BCUT2D eigenvalue weighted by Crippen LogP contribution is -2.47. The summed E-state index contributed by atoms with van der Waals surface area (Å²) in [6.45, 7) is 0. The first-order valence-corrected chi connectivity index (χ1v) is 8.71. The molecule has 0 saturated heterocycles. The molecule has 25 heavy (non-hydrogen) atoms. The van der Waals surface area contributed by atoms with E-state index in [4.69, 9.17) is 22.1 Å². The van der Waals surface area contributed by atoms with Crippen molar-refractivity contribution in [1.82, 2.24) is 5.32 Å². The summed E-state index contributed by atoms with van der Waals surface area (Å²) < 4.78 is 6.06. The molecule has 0 saturated carbocycles. The number of carbonyl (C=O) groups is 2. The average Bonchev–Trinajstić information content (AvgIpc) is 2.59. The highest BCUT2D eigenvalue weighted by atomic mass is 79.9. The Balaban J connectivity index is 2.16. The van der Waals surface area contributed by atoms with Crippen LogP contribution in [0.1, 0.15) is 17.2 Å². The molecular formula is C18H18BrClN2O3. The number of halogens is 2. The van der Waals surface area contributed by atoms with E-state index >= 15 is 0 Å². The zero-order chi connectivity index (χ0) is 18.4. The minimum atomic E-state index is -0.886. The van der Waals surface area contributed by atoms with Gasteiger partial charge in [-0.15, -0.1) is 0 Å². The maximum atomic E-state index is 12.5. The third kappa shape index (κ3) is 5.29. The Morgan fingerprint density at radius 1 is 1.24 bits per heavy atom. The van der Waals surface area contributed by atoms with E-state index < -0.39 is 24.0 Å². The summed E-state index contributed by atoms with van der Waals surface area (Å²) in [5, 5.41) is 3.19. The molecular weight excluding hydrogens is 408 g/mol. The first-order valence-electron chi connectivity index (χ1n) is 7.53. The maximum Gasteiger partial charge on any atom is 0.254 e. The molecule has 2 amide bonds. The standard InChI is InChI=1S/C18H18BrClN2O3/c1-25-16(11-5-3-2-4-6-11)18(24)22-15(17(21)23)10-12-9-13(20)7-8-14(12)19/h2-9,15-16H,10H2,1H3,(H2,21,23)(H,22,24)/t15-,16+/m1/s1. The van der Waals surface area contributed by atoms with E-state index in [0.717, 1.165) is 10.0 Å². The molecule has 3 N–H and O–H groups in total. The number of benzene rings is 2. The van der Waals surface area contributed by atoms with Crippen molar-refractivity contribution in [3.8, 4) is 0 Å². The Bertz CT molecular complexity index is 755. The van der Waals surface area contributed by atoms with E-state index in [-0.39, 0.29) is 6.42 Å². The van der Waals surface area contributed by atoms with Crippen molar-refractivity contribution >= 4 is 39.3 Å². The smallest absolute Gasteiger partial charge is 0.254 e. The van der Waals surface area contributed by atoms with Crippen molar-refractivity contribution in [2.24, 2.45) is 5.73 Å². The van der Waals surface area contributed by atoms with Crippen LogP contribution in [0.2, 0.25) is 5.02 Å². The van der Waals surface area contributed by atoms with Crippen molar-refractivity contribution in [2.75, 3.05) is 7.11 Å². The third-order valence-electron chi connectivity index (χ3n) is 3.67. The van der Waals surface area contributed by atoms with Crippen LogP contribution in [0.4, 0.5) is 0 Å². The minimum Gasteiger partial charge on any atom is -0.368 e. The van der Waals surface area contributed by atoms with Crippen LogP contribution >= 0.6 is 27.5 Å². The van der Waals surface area contributed by atoms with Gasteiger partial charge in [0, 0.05) is 23.0 Å². The summed E-state index contributed by atoms with van der Waals surface area (Å²) in [7, 11) is 1.43. The lowest BCUT2D eigenvalue weighted by molar-refractivity contribution is -0.134. The number of rotatable bonds is 7. The molecule has 2 aromatic carbocycles. The molecule has 2 rings (SSSR count). The van der Waals surface area contributed by atoms with Gasteiger partial charge in [-0.2, -0.15) is 0 Å². The van der Waals surface area contributed by atoms with Crippen molar-refractivity contribution in [2.45, 2.75) is 18.6 Å². The second-order valence-corrected chi connectivity index (χ2v) is 6.72. The number of nitrogens with two attached hydrogens (primary N) is 1. The summed E-state index contributed by atoms with van der Waals surface area (Å²) in [4.78, 5) is 24.4. The fraction of sp³-hybridized carbons (Fsp3) is 0.222. The quantitative estimate of drug-likeness (QED) is 0.715. The van der Waals surface area contributed by atoms with E-state index in [2.05, 4.69) is 21.2 Å². The Hall–Kier alpha value is -1.89. The lowest BCUT2D eigenvalue weighted by Gasteiger charge is -2.21. The van der Waals surface area contributed by atoms with Gasteiger partial charge in [-0.25, -0.2) is 0 Å². The molecule has 7 heteroatoms. The predicted molar refractivity (Wildman–Crippen MR) is 100 cm³/mol. The van der Waals surface area contributed by atoms with Crippen molar-refractivity contribution < 1.29 is 14.3 Å². The highest BCUT2D eigenvalue weighted by Gasteiger charge is 2.26. The van der Waals surface area contributed by atoms with Gasteiger partial charge in [-0.3, -0.25) is 9.59 Å². The number of carbonyl (C=O) groups excluding carboxylic acids is 2. The van der Waals surface area contributed by atoms with Gasteiger partial charge < -0.3 is 15.8 Å². The Morgan fingerprint density at radius 3 is 2.52 bits per heavy atom. The molecule has 0 aliphatic rings. The third-order valence-corrected chi connectivity index (χ3v) is 4.68. The van der Waals surface area contributed by atoms with Crippen LogP contribution in [-0.4, -0.2) is 25.0 Å².